The molecule has 1 amide bonds. The van der Waals surface area contributed by atoms with Gasteiger partial charge in [0.25, 0.3) is 0 Å². The van der Waals surface area contributed by atoms with E-state index >= 15 is 0 Å². The number of rotatable bonds is 6. The summed E-state index contributed by atoms with van der Waals surface area (Å²) in [4.78, 5) is 13.3. The molecule has 1 aliphatic rings. The van der Waals surface area contributed by atoms with E-state index in [1.165, 1.54) is 25.7 Å². The minimum atomic E-state index is 0.0651. The zero-order valence-corrected chi connectivity index (χ0v) is 9.58. The van der Waals surface area contributed by atoms with Gasteiger partial charge in [-0.15, -0.1) is 0 Å². The molecule has 0 aromatic heterocycles. The van der Waals surface area contributed by atoms with Crippen molar-refractivity contribution in [1.82, 2.24) is 4.90 Å². The highest BCUT2D eigenvalue weighted by atomic mass is 16.5. The third kappa shape index (κ3) is 4.62. The van der Waals surface area contributed by atoms with Crippen molar-refractivity contribution in [2.24, 2.45) is 11.7 Å². The Balaban J connectivity index is 2.14. The third-order valence-corrected chi connectivity index (χ3v) is 2.92. The van der Waals surface area contributed by atoms with Gasteiger partial charge in [0.2, 0.25) is 5.91 Å². The van der Waals surface area contributed by atoms with Crippen LogP contribution in [0.25, 0.3) is 0 Å². The maximum absolute atomic E-state index is 11.6. The first-order valence-corrected chi connectivity index (χ1v) is 5.76. The van der Waals surface area contributed by atoms with Crippen molar-refractivity contribution in [3.05, 3.63) is 0 Å². The minimum Gasteiger partial charge on any atom is -0.370 e. The zero-order valence-electron chi connectivity index (χ0n) is 9.58. The Morgan fingerprint density at radius 3 is 2.73 bits per heavy atom. The molecule has 15 heavy (non-hydrogen) atoms. The van der Waals surface area contributed by atoms with Gasteiger partial charge in [-0.05, 0) is 18.8 Å². The van der Waals surface area contributed by atoms with Crippen LogP contribution in [0.15, 0.2) is 0 Å². The molecule has 1 rings (SSSR count). The van der Waals surface area contributed by atoms with Crippen LogP contribution in [0.5, 0.6) is 0 Å². The highest BCUT2D eigenvalue weighted by molar-refractivity contribution is 5.77. The molecule has 0 unspecified atom stereocenters. The second-order valence-electron chi connectivity index (χ2n) is 4.27. The first-order valence-electron chi connectivity index (χ1n) is 5.76. The highest BCUT2D eigenvalue weighted by Crippen LogP contribution is 2.25. The van der Waals surface area contributed by atoms with Crippen LogP contribution in [0.3, 0.4) is 0 Å². The van der Waals surface area contributed by atoms with Crippen molar-refractivity contribution < 1.29 is 9.53 Å². The lowest BCUT2D eigenvalue weighted by molar-refractivity contribution is -0.135. The van der Waals surface area contributed by atoms with Crippen LogP contribution in [0.2, 0.25) is 0 Å². The summed E-state index contributed by atoms with van der Waals surface area (Å²) in [5.41, 5.74) is 5.27. The molecule has 0 heterocycles. The summed E-state index contributed by atoms with van der Waals surface area (Å²) >= 11 is 0. The standard InChI is InChI=1S/C11H22N2O2/c1-13(8-10-4-2-3-5-10)11(14)9-15-7-6-12/h10H,2-9,12H2,1H3. The SMILES string of the molecule is CN(CC1CCCC1)C(=O)COCCN. The maximum Gasteiger partial charge on any atom is 0.248 e. The Hall–Kier alpha value is -0.610. The summed E-state index contributed by atoms with van der Waals surface area (Å²) in [5.74, 6) is 0.767. The van der Waals surface area contributed by atoms with Gasteiger partial charge in [-0.1, -0.05) is 12.8 Å². The molecule has 0 bridgehead atoms. The lowest BCUT2D eigenvalue weighted by Crippen LogP contribution is -2.34. The van der Waals surface area contributed by atoms with Crippen LogP contribution < -0.4 is 5.73 Å². The van der Waals surface area contributed by atoms with E-state index in [0.717, 1.165) is 6.54 Å². The van der Waals surface area contributed by atoms with Crippen LogP contribution in [0.1, 0.15) is 25.7 Å². The highest BCUT2D eigenvalue weighted by Gasteiger charge is 2.19. The lowest BCUT2D eigenvalue weighted by atomic mass is 10.1. The van der Waals surface area contributed by atoms with E-state index in [2.05, 4.69) is 0 Å². The third-order valence-electron chi connectivity index (χ3n) is 2.92. The summed E-state index contributed by atoms with van der Waals surface area (Å²) in [6, 6.07) is 0. The van der Waals surface area contributed by atoms with E-state index in [1.54, 1.807) is 4.90 Å². The van der Waals surface area contributed by atoms with Crippen LogP contribution in [0, 0.1) is 5.92 Å². The second-order valence-corrected chi connectivity index (χ2v) is 4.27. The molecule has 0 radical (unpaired) electrons. The zero-order chi connectivity index (χ0) is 11.1. The Labute approximate surface area is 91.8 Å². The van der Waals surface area contributed by atoms with E-state index in [0.29, 0.717) is 19.1 Å². The lowest BCUT2D eigenvalue weighted by Gasteiger charge is -2.20. The van der Waals surface area contributed by atoms with Crippen LogP contribution >= 0.6 is 0 Å². The molecule has 0 spiro atoms. The predicted molar refractivity (Wildman–Crippen MR) is 59.5 cm³/mol. The van der Waals surface area contributed by atoms with Crippen LogP contribution in [-0.4, -0.2) is 44.2 Å². The van der Waals surface area contributed by atoms with Crippen LogP contribution in [0.4, 0.5) is 0 Å². The molecular weight excluding hydrogens is 192 g/mol. The van der Waals surface area contributed by atoms with E-state index in [-0.39, 0.29) is 12.5 Å². The van der Waals surface area contributed by atoms with Gasteiger partial charge in [0.1, 0.15) is 6.61 Å². The Kier molecular flexibility index (Phi) is 5.65. The summed E-state index contributed by atoms with van der Waals surface area (Å²) in [7, 11) is 1.85. The maximum atomic E-state index is 11.6. The fourth-order valence-electron chi connectivity index (χ4n) is 2.04. The Morgan fingerprint density at radius 1 is 1.47 bits per heavy atom. The molecule has 88 valence electrons. The van der Waals surface area contributed by atoms with E-state index in [4.69, 9.17) is 10.5 Å². The number of hydrogen-bond donors (Lipinski definition) is 1. The first-order chi connectivity index (χ1) is 7.24. The molecule has 4 heteroatoms. The normalized spacial score (nSPS) is 16.9. The average Bonchev–Trinajstić information content (AvgIpc) is 2.70. The molecule has 1 aliphatic carbocycles. The number of ether oxygens (including phenoxy) is 1. The number of nitrogens with zero attached hydrogens (tertiary/aromatic N) is 1. The van der Waals surface area contributed by atoms with Crippen LogP contribution in [-0.2, 0) is 9.53 Å². The molecule has 0 aromatic rings. The topological polar surface area (TPSA) is 55.6 Å². The number of nitrogens with two attached hydrogens (primary N) is 1. The summed E-state index contributed by atoms with van der Waals surface area (Å²) in [6.45, 7) is 1.98. The van der Waals surface area contributed by atoms with Gasteiger partial charge in [0.05, 0.1) is 6.61 Å². The van der Waals surface area contributed by atoms with E-state index in [9.17, 15) is 4.79 Å². The Bertz CT molecular complexity index is 191. The molecule has 0 aromatic carbocycles. The molecule has 0 atom stereocenters. The molecule has 1 saturated carbocycles. The van der Waals surface area contributed by atoms with Gasteiger partial charge in [0.15, 0.2) is 0 Å². The van der Waals surface area contributed by atoms with E-state index < -0.39 is 0 Å². The Morgan fingerprint density at radius 2 is 2.13 bits per heavy atom. The van der Waals surface area contributed by atoms with Gasteiger partial charge in [-0.25, -0.2) is 0 Å². The summed E-state index contributed by atoms with van der Waals surface area (Å²) in [5, 5.41) is 0. The summed E-state index contributed by atoms with van der Waals surface area (Å²) < 4.78 is 5.11. The van der Waals surface area contributed by atoms with Crippen molar-refractivity contribution in [3.8, 4) is 0 Å². The fourth-order valence-corrected chi connectivity index (χ4v) is 2.04. The number of carbonyl (C=O) groups is 1. The molecule has 1 fully saturated rings. The van der Waals surface area contributed by atoms with Crippen molar-refractivity contribution in [1.29, 1.82) is 0 Å². The minimum absolute atomic E-state index is 0.0651. The fraction of sp³-hybridized carbons (Fsp3) is 0.909. The van der Waals surface area contributed by atoms with Gasteiger partial charge in [-0.2, -0.15) is 0 Å². The van der Waals surface area contributed by atoms with Crippen molar-refractivity contribution in [2.45, 2.75) is 25.7 Å². The average molecular weight is 214 g/mol. The van der Waals surface area contributed by atoms with Crippen molar-refractivity contribution in [2.75, 3.05) is 33.4 Å². The van der Waals surface area contributed by atoms with Gasteiger partial charge in [-0.3, -0.25) is 4.79 Å². The monoisotopic (exact) mass is 214 g/mol. The van der Waals surface area contributed by atoms with Gasteiger partial charge in [0, 0.05) is 20.1 Å². The molecule has 0 saturated heterocycles. The van der Waals surface area contributed by atoms with Gasteiger partial charge < -0.3 is 15.4 Å². The largest absolute Gasteiger partial charge is 0.370 e. The van der Waals surface area contributed by atoms with Crippen molar-refractivity contribution in [3.63, 3.8) is 0 Å². The molecule has 0 aliphatic heterocycles. The first kappa shape index (κ1) is 12.5. The summed E-state index contributed by atoms with van der Waals surface area (Å²) in [6.07, 6.45) is 5.16. The molecular formula is C11H22N2O2. The molecule has 2 N–H and O–H groups in total. The van der Waals surface area contributed by atoms with Crippen molar-refractivity contribution >= 4 is 5.91 Å². The molecule has 4 nitrogen and oxygen atoms in total. The van der Waals surface area contributed by atoms with E-state index in [1.807, 2.05) is 7.05 Å². The predicted octanol–water partition coefficient (Wildman–Crippen LogP) is 0.610. The van der Waals surface area contributed by atoms with Gasteiger partial charge >= 0.3 is 0 Å². The number of amides is 1. The number of hydrogen-bond acceptors (Lipinski definition) is 3. The smallest absolute Gasteiger partial charge is 0.248 e. The second kappa shape index (κ2) is 6.80. The number of carbonyl (C=O) groups excluding carboxylic acids is 1. The number of likely N-dealkylation sites (N-methyl/N-ethyl adjacent to an activating group) is 1. The quantitative estimate of drug-likeness (QED) is 0.659.